The van der Waals surface area contributed by atoms with Crippen LogP contribution in [0.4, 0.5) is 10.1 Å². The predicted octanol–water partition coefficient (Wildman–Crippen LogP) is 3.69. The maximum absolute atomic E-state index is 13.4. The van der Waals surface area contributed by atoms with Crippen molar-refractivity contribution in [2.45, 2.75) is 39.3 Å². The molecule has 180 valence electrons. The van der Waals surface area contributed by atoms with E-state index >= 15 is 0 Å². The topological polar surface area (TPSA) is 86.8 Å². The Balaban J connectivity index is 2.34. The van der Waals surface area contributed by atoms with Crippen molar-refractivity contribution >= 4 is 43.5 Å². The van der Waals surface area contributed by atoms with Crippen LogP contribution in [0.3, 0.4) is 0 Å². The molecule has 0 spiro atoms. The van der Waals surface area contributed by atoms with Crippen LogP contribution < -0.4 is 9.62 Å². The van der Waals surface area contributed by atoms with Crippen molar-refractivity contribution in [1.82, 2.24) is 10.2 Å². The van der Waals surface area contributed by atoms with E-state index in [2.05, 4.69) is 21.2 Å². The Morgan fingerprint density at radius 3 is 2.33 bits per heavy atom. The molecule has 0 bridgehead atoms. The number of para-hydroxylation sites is 1. The van der Waals surface area contributed by atoms with Gasteiger partial charge >= 0.3 is 0 Å². The van der Waals surface area contributed by atoms with Gasteiger partial charge in [0.05, 0.1) is 11.9 Å². The molecule has 1 unspecified atom stereocenters. The minimum atomic E-state index is -3.81. The summed E-state index contributed by atoms with van der Waals surface area (Å²) in [6.45, 7) is 3.60. The molecule has 33 heavy (non-hydrogen) atoms. The van der Waals surface area contributed by atoms with Gasteiger partial charge in [0.25, 0.3) is 0 Å². The molecule has 2 aromatic rings. The third kappa shape index (κ3) is 7.82. The number of unbranched alkanes of at least 4 members (excludes halogenated alkanes) is 1. The van der Waals surface area contributed by atoms with E-state index in [-0.39, 0.29) is 12.5 Å². The highest BCUT2D eigenvalue weighted by atomic mass is 79.9. The largest absolute Gasteiger partial charge is 0.354 e. The van der Waals surface area contributed by atoms with Gasteiger partial charge in [-0.05, 0) is 59.1 Å². The Morgan fingerprint density at radius 2 is 1.76 bits per heavy atom. The fourth-order valence-corrected chi connectivity index (χ4v) is 4.63. The summed E-state index contributed by atoms with van der Waals surface area (Å²) in [5, 5.41) is 2.81. The second-order valence-electron chi connectivity index (χ2n) is 7.69. The van der Waals surface area contributed by atoms with Gasteiger partial charge in [0.1, 0.15) is 18.4 Å². The summed E-state index contributed by atoms with van der Waals surface area (Å²) in [7, 11) is -3.81. The smallest absolute Gasteiger partial charge is 0.244 e. The van der Waals surface area contributed by atoms with Gasteiger partial charge in [-0.15, -0.1) is 0 Å². The molecule has 0 saturated carbocycles. The van der Waals surface area contributed by atoms with Gasteiger partial charge in [-0.2, -0.15) is 0 Å². The molecule has 0 fully saturated rings. The first kappa shape index (κ1) is 26.8. The number of anilines is 1. The molecule has 2 amide bonds. The number of benzene rings is 2. The summed E-state index contributed by atoms with van der Waals surface area (Å²) >= 11 is 3.33. The van der Waals surface area contributed by atoms with Crippen molar-refractivity contribution in [2.24, 2.45) is 0 Å². The molecule has 0 aliphatic rings. The van der Waals surface area contributed by atoms with Crippen LogP contribution in [0.5, 0.6) is 0 Å². The summed E-state index contributed by atoms with van der Waals surface area (Å²) in [6, 6.07) is 11.4. The first-order valence-corrected chi connectivity index (χ1v) is 13.2. The van der Waals surface area contributed by atoms with Crippen LogP contribution in [-0.2, 0) is 26.2 Å². The summed E-state index contributed by atoms with van der Waals surface area (Å²) in [5.41, 5.74) is 0.930. The fraction of sp³-hybridized carbons (Fsp3) is 0.391. The normalized spacial score (nSPS) is 12.2. The minimum absolute atomic E-state index is 0.0229. The third-order valence-corrected chi connectivity index (χ3v) is 6.86. The third-order valence-electron chi connectivity index (χ3n) is 5.06. The lowest BCUT2D eigenvalue weighted by molar-refractivity contribution is -0.139. The van der Waals surface area contributed by atoms with Gasteiger partial charge < -0.3 is 10.2 Å². The quantitative estimate of drug-likeness (QED) is 0.439. The van der Waals surface area contributed by atoms with Crippen LogP contribution in [0, 0.1) is 5.82 Å². The van der Waals surface area contributed by atoms with Crippen molar-refractivity contribution in [1.29, 1.82) is 0 Å². The van der Waals surface area contributed by atoms with Crippen LogP contribution in [0.2, 0.25) is 0 Å². The molecule has 10 heteroatoms. The van der Waals surface area contributed by atoms with Crippen molar-refractivity contribution in [2.75, 3.05) is 23.7 Å². The molecule has 2 rings (SSSR count). The van der Waals surface area contributed by atoms with Crippen LogP contribution >= 0.6 is 15.9 Å². The van der Waals surface area contributed by atoms with Gasteiger partial charge in [0.2, 0.25) is 21.8 Å². The zero-order chi connectivity index (χ0) is 24.6. The molecule has 0 heterocycles. The number of rotatable bonds is 11. The average Bonchev–Trinajstić information content (AvgIpc) is 2.76. The number of halogens is 2. The summed E-state index contributed by atoms with van der Waals surface area (Å²) < 4.78 is 39.9. The summed E-state index contributed by atoms with van der Waals surface area (Å²) in [5.74, 6) is -1.32. The molecule has 0 aromatic heterocycles. The van der Waals surface area contributed by atoms with Gasteiger partial charge in [-0.1, -0.05) is 37.6 Å². The van der Waals surface area contributed by atoms with Crippen LogP contribution in [0.1, 0.15) is 32.3 Å². The second kappa shape index (κ2) is 12.1. The molecule has 0 aliphatic carbocycles. The van der Waals surface area contributed by atoms with Crippen molar-refractivity contribution < 1.29 is 22.4 Å². The SMILES string of the molecule is CCCCNC(=O)C(C)N(Cc1ccc(F)cc1)C(=O)CN(c1ccccc1Br)S(C)(=O)=O. The number of hydrogen-bond acceptors (Lipinski definition) is 4. The molecule has 1 N–H and O–H groups in total. The van der Waals surface area contributed by atoms with Gasteiger partial charge in [0.15, 0.2) is 0 Å². The lowest BCUT2D eigenvalue weighted by Crippen LogP contribution is -2.51. The van der Waals surface area contributed by atoms with Crippen molar-refractivity contribution in [3.8, 4) is 0 Å². The van der Waals surface area contributed by atoms with E-state index in [0.717, 1.165) is 23.4 Å². The van der Waals surface area contributed by atoms with E-state index in [1.165, 1.54) is 29.2 Å². The molecule has 1 atom stereocenters. The molecule has 0 radical (unpaired) electrons. The number of amides is 2. The van der Waals surface area contributed by atoms with Crippen LogP contribution in [0.25, 0.3) is 0 Å². The van der Waals surface area contributed by atoms with Gasteiger partial charge in [-0.25, -0.2) is 12.8 Å². The van der Waals surface area contributed by atoms with E-state index in [0.29, 0.717) is 22.3 Å². The number of hydrogen-bond donors (Lipinski definition) is 1. The molecule has 2 aromatic carbocycles. The second-order valence-corrected chi connectivity index (χ2v) is 10.5. The number of sulfonamides is 1. The summed E-state index contributed by atoms with van der Waals surface area (Å²) in [6.07, 6.45) is 2.72. The van der Waals surface area contributed by atoms with Crippen molar-refractivity contribution in [3.05, 3.63) is 64.4 Å². The van der Waals surface area contributed by atoms with E-state index in [1.54, 1.807) is 31.2 Å². The monoisotopic (exact) mass is 541 g/mol. The minimum Gasteiger partial charge on any atom is -0.354 e. The van der Waals surface area contributed by atoms with Gasteiger partial charge in [0, 0.05) is 17.6 Å². The van der Waals surface area contributed by atoms with E-state index in [4.69, 9.17) is 0 Å². The highest BCUT2D eigenvalue weighted by molar-refractivity contribution is 9.10. The zero-order valence-corrected chi connectivity index (χ0v) is 21.3. The Labute approximate surface area is 203 Å². The Bertz CT molecular complexity index is 1060. The lowest BCUT2D eigenvalue weighted by atomic mass is 10.1. The predicted molar refractivity (Wildman–Crippen MR) is 131 cm³/mol. The summed E-state index contributed by atoms with van der Waals surface area (Å²) in [4.78, 5) is 27.4. The van der Waals surface area contributed by atoms with E-state index < -0.39 is 34.3 Å². The Morgan fingerprint density at radius 1 is 1.12 bits per heavy atom. The number of carbonyl (C=O) groups excluding carboxylic acids is 2. The fourth-order valence-electron chi connectivity index (χ4n) is 3.15. The first-order chi connectivity index (χ1) is 15.5. The highest BCUT2D eigenvalue weighted by Gasteiger charge is 2.30. The van der Waals surface area contributed by atoms with Crippen molar-refractivity contribution in [3.63, 3.8) is 0 Å². The highest BCUT2D eigenvalue weighted by Crippen LogP contribution is 2.28. The molecule has 7 nitrogen and oxygen atoms in total. The molecular weight excluding hydrogens is 513 g/mol. The molecule has 0 saturated heterocycles. The molecule has 0 aliphatic heterocycles. The lowest BCUT2D eigenvalue weighted by Gasteiger charge is -2.31. The van der Waals surface area contributed by atoms with Crippen LogP contribution in [0.15, 0.2) is 53.0 Å². The van der Waals surface area contributed by atoms with Crippen LogP contribution in [-0.4, -0.2) is 50.5 Å². The number of nitrogens with zero attached hydrogens (tertiary/aromatic N) is 2. The standard InChI is InChI=1S/C23H29BrFN3O4S/c1-4-5-14-26-23(30)17(2)27(15-18-10-12-19(25)13-11-18)22(29)16-28(33(3,31)32)21-9-7-6-8-20(21)24/h6-13,17H,4-5,14-16H2,1-3H3,(H,26,30). The first-order valence-electron chi connectivity index (χ1n) is 10.6. The van der Waals surface area contributed by atoms with E-state index in [1.807, 2.05) is 6.92 Å². The van der Waals surface area contributed by atoms with E-state index in [9.17, 15) is 22.4 Å². The number of nitrogens with one attached hydrogen (secondary N) is 1. The number of carbonyl (C=O) groups is 2. The molecular formula is C23H29BrFN3O4S. The zero-order valence-electron chi connectivity index (χ0n) is 18.9. The van der Waals surface area contributed by atoms with Gasteiger partial charge in [-0.3, -0.25) is 13.9 Å². The maximum atomic E-state index is 13.4. The maximum Gasteiger partial charge on any atom is 0.244 e. The Hall–Kier alpha value is -2.46. The Kier molecular flexibility index (Phi) is 9.85. The average molecular weight is 542 g/mol.